The van der Waals surface area contributed by atoms with Gasteiger partial charge in [0.05, 0.1) is 5.56 Å². The Kier molecular flexibility index (Phi) is 2.06. The summed E-state index contributed by atoms with van der Waals surface area (Å²) in [7, 11) is 1.79. The molecule has 0 unspecified atom stereocenters. The second kappa shape index (κ2) is 3.36. The van der Waals surface area contributed by atoms with E-state index in [9.17, 15) is 4.79 Å². The molecule has 1 amide bonds. The third-order valence-electron chi connectivity index (χ3n) is 3.09. The van der Waals surface area contributed by atoms with Crippen molar-refractivity contribution >= 4 is 22.2 Å². The average Bonchev–Trinajstić information content (AvgIpc) is 2.82. The number of thiophene rings is 1. The van der Waals surface area contributed by atoms with Gasteiger partial charge in [0.25, 0.3) is 0 Å². The van der Waals surface area contributed by atoms with Crippen molar-refractivity contribution < 1.29 is 4.79 Å². The van der Waals surface area contributed by atoms with Gasteiger partial charge >= 0.3 is 0 Å². The van der Waals surface area contributed by atoms with Crippen LogP contribution in [-0.2, 0) is 11.3 Å². The fourth-order valence-electron chi connectivity index (χ4n) is 1.95. The van der Waals surface area contributed by atoms with Crippen molar-refractivity contribution in [1.82, 2.24) is 20.2 Å². The first-order valence-electron chi connectivity index (χ1n) is 5.22. The number of amides is 1. The molecule has 0 saturated carbocycles. The van der Waals surface area contributed by atoms with E-state index in [0.717, 1.165) is 16.1 Å². The van der Waals surface area contributed by atoms with Gasteiger partial charge in [0, 0.05) is 11.9 Å². The van der Waals surface area contributed by atoms with Crippen LogP contribution in [0.2, 0.25) is 0 Å². The Hall–Kier alpha value is -1.76. The molecule has 0 saturated heterocycles. The Morgan fingerprint density at radius 3 is 2.88 bits per heavy atom. The van der Waals surface area contributed by atoms with Gasteiger partial charge in [0.2, 0.25) is 5.91 Å². The summed E-state index contributed by atoms with van der Waals surface area (Å²) < 4.78 is 1.56. The molecule has 0 spiro atoms. The summed E-state index contributed by atoms with van der Waals surface area (Å²) in [6, 6.07) is 0. The van der Waals surface area contributed by atoms with Crippen molar-refractivity contribution in [2.75, 3.05) is 11.9 Å². The third-order valence-corrected chi connectivity index (χ3v) is 4.37. The summed E-state index contributed by atoms with van der Waals surface area (Å²) in [6.45, 7) is 4.27. The molecule has 2 aromatic heterocycles. The number of tetrazole rings is 1. The molecule has 0 aromatic carbocycles. The molecule has 0 radical (unpaired) electrons. The van der Waals surface area contributed by atoms with Crippen LogP contribution >= 0.6 is 11.3 Å². The highest BCUT2D eigenvalue weighted by Crippen LogP contribution is 2.42. The molecule has 1 aliphatic rings. The molecule has 0 bridgehead atoms. The summed E-state index contributed by atoms with van der Waals surface area (Å²) in [5.41, 5.74) is 2.12. The molecule has 6 nitrogen and oxygen atoms in total. The Morgan fingerprint density at radius 2 is 2.12 bits per heavy atom. The molecule has 0 aliphatic carbocycles. The lowest BCUT2D eigenvalue weighted by atomic mass is 10.1. The number of nitrogens with zero attached hydrogens (tertiary/aromatic N) is 5. The van der Waals surface area contributed by atoms with Crippen LogP contribution in [0.1, 0.15) is 10.4 Å². The second-order valence-corrected chi connectivity index (χ2v) is 5.28. The Bertz CT molecular complexity index is 614. The minimum absolute atomic E-state index is 0.00134. The standard InChI is InChI=1S/C10H11N5OS/c1-5-6(2)17-10-8(5)9-11-12-13-15(9)4-7(16)14(10)3/h4H2,1-3H3. The minimum atomic E-state index is -0.00134. The lowest BCUT2D eigenvalue weighted by Crippen LogP contribution is -2.28. The van der Waals surface area contributed by atoms with Crippen molar-refractivity contribution in [1.29, 1.82) is 0 Å². The molecule has 7 heteroatoms. The second-order valence-electron chi connectivity index (χ2n) is 4.08. The largest absolute Gasteiger partial charge is 0.305 e. The van der Waals surface area contributed by atoms with Crippen LogP contribution < -0.4 is 4.90 Å². The van der Waals surface area contributed by atoms with Crippen molar-refractivity contribution in [2.45, 2.75) is 20.4 Å². The molecule has 3 heterocycles. The van der Waals surface area contributed by atoms with Gasteiger partial charge in [-0.05, 0) is 29.8 Å². The number of anilines is 1. The van der Waals surface area contributed by atoms with Crippen LogP contribution in [0.5, 0.6) is 0 Å². The number of aryl methyl sites for hydroxylation is 1. The summed E-state index contributed by atoms with van der Waals surface area (Å²) in [5, 5.41) is 12.5. The van der Waals surface area contributed by atoms with Gasteiger partial charge in [-0.15, -0.1) is 16.4 Å². The number of aromatic nitrogens is 4. The van der Waals surface area contributed by atoms with E-state index in [-0.39, 0.29) is 12.5 Å². The maximum atomic E-state index is 12.0. The quantitative estimate of drug-likeness (QED) is 0.698. The number of likely N-dealkylation sites (N-methyl/N-ethyl adjacent to an activating group) is 1. The SMILES string of the molecule is Cc1sc2c(c1C)-c1nnnn1CC(=O)N2C. The predicted molar refractivity (Wildman–Crippen MR) is 64.0 cm³/mol. The number of carbonyl (C=O) groups is 1. The number of hydrogen-bond acceptors (Lipinski definition) is 5. The third kappa shape index (κ3) is 1.32. The van der Waals surface area contributed by atoms with E-state index < -0.39 is 0 Å². The van der Waals surface area contributed by atoms with E-state index >= 15 is 0 Å². The van der Waals surface area contributed by atoms with Gasteiger partial charge in [-0.1, -0.05) is 0 Å². The van der Waals surface area contributed by atoms with Crippen molar-refractivity contribution in [3.63, 3.8) is 0 Å². The summed E-state index contributed by atoms with van der Waals surface area (Å²) in [5.74, 6) is 0.679. The zero-order chi connectivity index (χ0) is 12.2. The van der Waals surface area contributed by atoms with Crippen molar-refractivity contribution in [2.24, 2.45) is 0 Å². The molecule has 88 valence electrons. The summed E-state index contributed by atoms with van der Waals surface area (Å²) in [4.78, 5) is 14.8. The monoisotopic (exact) mass is 249 g/mol. The number of carbonyl (C=O) groups excluding carboxylic acids is 1. The molecule has 3 rings (SSSR count). The van der Waals surface area contributed by atoms with Crippen LogP contribution in [0.3, 0.4) is 0 Å². The molecular formula is C10H11N5OS. The molecule has 0 atom stereocenters. The first-order chi connectivity index (χ1) is 8.09. The molecule has 1 aliphatic heterocycles. The zero-order valence-corrected chi connectivity index (χ0v) is 10.6. The van der Waals surface area contributed by atoms with Gasteiger partial charge in [-0.3, -0.25) is 4.79 Å². The van der Waals surface area contributed by atoms with Gasteiger partial charge < -0.3 is 4.90 Å². The van der Waals surface area contributed by atoms with E-state index in [1.165, 1.54) is 4.88 Å². The number of hydrogen-bond donors (Lipinski definition) is 0. The van der Waals surface area contributed by atoms with E-state index in [1.54, 1.807) is 28.0 Å². The average molecular weight is 249 g/mol. The molecule has 0 N–H and O–H groups in total. The first kappa shape index (κ1) is 10.4. The normalized spacial score (nSPS) is 14.5. The van der Waals surface area contributed by atoms with Crippen LogP contribution in [0.25, 0.3) is 11.4 Å². The number of rotatable bonds is 0. The van der Waals surface area contributed by atoms with E-state index in [1.807, 2.05) is 13.8 Å². The van der Waals surface area contributed by atoms with E-state index in [4.69, 9.17) is 0 Å². The summed E-state index contributed by atoms with van der Waals surface area (Å²) >= 11 is 1.61. The predicted octanol–water partition coefficient (Wildman–Crippen LogP) is 0.995. The molecule has 0 fully saturated rings. The van der Waals surface area contributed by atoms with Crippen LogP contribution in [0.15, 0.2) is 0 Å². The van der Waals surface area contributed by atoms with Gasteiger partial charge in [-0.2, -0.15) is 0 Å². The molecule has 17 heavy (non-hydrogen) atoms. The van der Waals surface area contributed by atoms with Gasteiger partial charge in [0.1, 0.15) is 11.5 Å². The lowest BCUT2D eigenvalue weighted by Gasteiger charge is -2.12. The van der Waals surface area contributed by atoms with Gasteiger partial charge in [0.15, 0.2) is 5.82 Å². The maximum absolute atomic E-state index is 12.0. The highest BCUT2D eigenvalue weighted by Gasteiger charge is 2.29. The Morgan fingerprint density at radius 1 is 1.35 bits per heavy atom. The van der Waals surface area contributed by atoms with Crippen molar-refractivity contribution in [3.8, 4) is 11.4 Å². The lowest BCUT2D eigenvalue weighted by molar-refractivity contribution is -0.118. The van der Waals surface area contributed by atoms with Crippen LogP contribution in [0.4, 0.5) is 5.00 Å². The zero-order valence-electron chi connectivity index (χ0n) is 9.76. The highest BCUT2D eigenvalue weighted by molar-refractivity contribution is 7.17. The highest BCUT2D eigenvalue weighted by atomic mass is 32.1. The smallest absolute Gasteiger partial charge is 0.249 e. The first-order valence-corrected chi connectivity index (χ1v) is 6.04. The molecule has 2 aromatic rings. The van der Waals surface area contributed by atoms with Crippen molar-refractivity contribution in [3.05, 3.63) is 10.4 Å². The topological polar surface area (TPSA) is 63.9 Å². The fraction of sp³-hybridized carbons (Fsp3) is 0.400. The Labute approximate surface area is 102 Å². The number of fused-ring (bicyclic) bond motifs is 3. The maximum Gasteiger partial charge on any atom is 0.249 e. The van der Waals surface area contributed by atoms with Crippen LogP contribution in [0, 0.1) is 13.8 Å². The van der Waals surface area contributed by atoms with Gasteiger partial charge in [-0.25, -0.2) is 4.68 Å². The summed E-state index contributed by atoms with van der Waals surface area (Å²) in [6.07, 6.45) is 0. The molecular weight excluding hydrogens is 238 g/mol. The van der Waals surface area contributed by atoms with Crippen LogP contribution in [-0.4, -0.2) is 33.2 Å². The fourth-order valence-corrected chi connectivity index (χ4v) is 3.08. The van der Waals surface area contributed by atoms with E-state index in [2.05, 4.69) is 15.5 Å². The Balaban J connectivity index is 2.36. The minimum Gasteiger partial charge on any atom is -0.305 e. The van der Waals surface area contributed by atoms with E-state index in [0.29, 0.717) is 5.82 Å².